The summed E-state index contributed by atoms with van der Waals surface area (Å²) >= 11 is 7.85. The molecule has 3 aromatic heterocycles. The summed E-state index contributed by atoms with van der Waals surface area (Å²) in [4.78, 5) is 55.2. The van der Waals surface area contributed by atoms with Gasteiger partial charge in [-0.25, -0.2) is 9.55 Å². The zero-order chi connectivity index (χ0) is 28.7. The molecule has 6 rings (SSSR count). The fraction of sp³-hybridized carbons (Fsp3) is 0.360. The first kappa shape index (κ1) is 27.8. The van der Waals surface area contributed by atoms with E-state index in [-0.39, 0.29) is 28.5 Å². The Morgan fingerprint density at radius 3 is 2.68 bits per heavy atom. The van der Waals surface area contributed by atoms with Gasteiger partial charge in [0.2, 0.25) is 16.7 Å². The van der Waals surface area contributed by atoms with Gasteiger partial charge in [-0.2, -0.15) is 9.36 Å². The molecule has 12 nitrogen and oxygen atoms in total. The van der Waals surface area contributed by atoms with Crippen molar-refractivity contribution in [3.05, 3.63) is 46.4 Å². The first-order valence-corrected chi connectivity index (χ1v) is 15.9. The van der Waals surface area contributed by atoms with Crippen LogP contribution in [0.4, 0.5) is 5.13 Å². The maximum Gasteiger partial charge on any atom is 0.278 e. The SMILES string of the molecule is C[n+]1ccc(-c2csc(C3=C(C(=O)S)N4C(=O)[C@@H](NC(=O)/C(=N\OC5CCCC5)c5nsc(N)n5)[C@H]4SC3)n2)cc1. The highest BCUT2D eigenvalue weighted by Gasteiger charge is 2.54. The van der Waals surface area contributed by atoms with Crippen molar-refractivity contribution in [2.75, 3.05) is 11.5 Å². The Morgan fingerprint density at radius 2 is 2.00 bits per heavy atom. The number of hydrogen-bond donors (Lipinski definition) is 3. The van der Waals surface area contributed by atoms with Crippen LogP contribution in [0.1, 0.15) is 36.5 Å². The molecule has 0 radical (unpaired) electrons. The summed E-state index contributed by atoms with van der Waals surface area (Å²) in [5.41, 5.74) is 8.12. The van der Waals surface area contributed by atoms with Gasteiger partial charge in [-0.15, -0.1) is 23.1 Å². The van der Waals surface area contributed by atoms with Crippen LogP contribution in [0.15, 0.2) is 40.8 Å². The van der Waals surface area contributed by atoms with Crippen LogP contribution in [0, 0.1) is 0 Å². The van der Waals surface area contributed by atoms with Gasteiger partial charge >= 0.3 is 0 Å². The monoisotopic (exact) mass is 629 g/mol. The van der Waals surface area contributed by atoms with Crippen molar-refractivity contribution < 1.29 is 23.8 Å². The van der Waals surface area contributed by atoms with Crippen molar-refractivity contribution >= 4 is 80.6 Å². The molecule has 5 heterocycles. The Hall–Kier alpha value is -3.34. The molecule has 3 aromatic rings. The van der Waals surface area contributed by atoms with E-state index >= 15 is 0 Å². The van der Waals surface area contributed by atoms with Crippen LogP contribution in [0.2, 0.25) is 0 Å². The van der Waals surface area contributed by atoms with E-state index in [2.05, 4.69) is 32.5 Å². The van der Waals surface area contributed by atoms with Gasteiger partial charge in [0.05, 0.1) is 5.69 Å². The lowest BCUT2D eigenvalue weighted by Gasteiger charge is -2.49. The van der Waals surface area contributed by atoms with Gasteiger partial charge in [-0.3, -0.25) is 19.3 Å². The highest BCUT2D eigenvalue weighted by molar-refractivity contribution is 8.00. The Bertz CT molecular complexity index is 1580. The molecule has 0 unspecified atom stereocenters. The Balaban J connectivity index is 1.22. The van der Waals surface area contributed by atoms with Crippen LogP contribution in [-0.4, -0.2) is 65.2 Å². The summed E-state index contributed by atoms with van der Waals surface area (Å²) in [5.74, 6) is -0.647. The quantitative estimate of drug-likeness (QED) is 0.112. The average Bonchev–Trinajstić information content (AvgIpc) is 3.74. The van der Waals surface area contributed by atoms with E-state index in [4.69, 9.17) is 15.6 Å². The Morgan fingerprint density at radius 1 is 1.24 bits per heavy atom. The Labute approximate surface area is 252 Å². The van der Waals surface area contributed by atoms with Crippen molar-refractivity contribution in [3.8, 4) is 11.3 Å². The number of pyridine rings is 1. The van der Waals surface area contributed by atoms with E-state index < -0.39 is 28.3 Å². The minimum atomic E-state index is -0.888. The first-order valence-electron chi connectivity index (χ1n) is 12.8. The molecule has 41 heavy (non-hydrogen) atoms. The highest BCUT2D eigenvalue weighted by atomic mass is 32.2. The molecular formula is C25H25N8O4S4+. The molecule has 0 bridgehead atoms. The van der Waals surface area contributed by atoms with E-state index in [0.29, 0.717) is 16.3 Å². The fourth-order valence-corrected chi connectivity index (χ4v) is 7.83. The van der Waals surface area contributed by atoms with Crippen molar-refractivity contribution in [2.45, 2.75) is 43.2 Å². The van der Waals surface area contributed by atoms with Crippen molar-refractivity contribution in [1.29, 1.82) is 0 Å². The van der Waals surface area contributed by atoms with Gasteiger partial charge in [0.1, 0.15) is 35.3 Å². The van der Waals surface area contributed by atoms with Crippen LogP contribution in [0.3, 0.4) is 0 Å². The summed E-state index contributed by atoms with van der Waals surface area (Å²) < 4.78 is 6.04. The van der Waals surface area contributed by atoms with Crippen LogP contribution in [-0.2, 0) is 26.3 Å². The second-order valence-corrected chi connectivity index (χ2v) is 12.8. The first-order chi connectivity index (χ1) is 19.8. The summed E-state index contributed by atoms with van der Waals surface area (Å²) in [6.45, 7) is 0. The van der Waals surface area contributed by atoms with Crippen molar-refractivity contribution in [1.82, 2.24) is 24.6 Å². The second kappa shape index (κ2) is 11.5. The molecule has 3 N–H and O–H groups in total. The number of thioether (sulfide) groups is 1. The maximum atomic E-state index is 13.3. The molecule has 212 valence electrons. The minimum Gasteiger partial charge on any atom is -0.392 e. The largest absolute Gasteiger partial charge is 0.392 e. The highest BCUT2D eigenvalue weighted by Crippen LogP contribution is 2.44. The van der Waals surface area contributed by atoms with Gasteiger partial charge in [0.25, 0.3) is 11.8 Å². The number of oxime groups is 1. The summed E-state index contributed by atoms with van der Waals surface area (Å²) in [6.07, 6.45) is 7.53. The van der Waals surface area contributed by atoms with Crippen LogP contribution in [0.5, 0.6) is 0 Å². The van der Waals surface area contributed by atoms with Crippen molar-refractivity contribution in [3.63, 3.8) is 0 Å². The van der Waals surface area contributed by atoms with Crippen LogP contribution >= 0.6 is 47.3 Å². The number of nitrogens with zero attached hydrogens (tertiary/aromatic N) is 6. The molecule has 0 spiro atoms. The Kier molecular flexibility index (Phi) is 7.80. The third-order valence-electron chi connectivity index (χ3n) is 6.96. The molecule has 1 saturated carbocycles. The molecule has 1 saturated heterocycles. The fourth-order valence-electron chi connectivity index (χ4n) is 4.85. The topological polar surface area (TPSA) is 157 Å². The second-order valence-electron chi connectivity index (χ2n) is 9.69. The number of fused-ring (bicyclic) bond motifs is 1. The normalized spacial score (nSPS) is 21.1. The van der Waals surface area contributed by atoms with E-state index in [9.17, 15) is 14.4 Å². The zero-order valence-corrected chi connectivity index (χ0v) is 25.1. The number of rotatable bonds is 8. The number of thiazole rings is 1. The van der Waals surface area contributed by atoms with Gasteiger partial charge in [-0.1, -0.05) is 17.8 Å². The summed E-state index contributed by atoms with van der Waals surface area (Å²) in [6, 6.07) is 3.03. The number of aryl methyl sites for hydroxylation is 1. The number of hydrogen-bond acceptors (Lipinski definition) is 12. The van der Waals surface area contributed by atoms with Crippen molar-refractivity contribution in [2.24, 2.45) is 12.2 Å². The number of anilines is 1. The van der Waals surface area contributed by atoms with Gasteiger partial charge in [-0.05, 0) is 25.7 Å². The molecule has 0 aromatic carbocycles. The van der Waals surface area contributed by atoms with E-state index in [1.54, 1.807) is 0 Å². The number of carbonyl (C=O) groups excluding carboxylic acids is 3. The lowest BCUT2D eigenvalue weighted by atomic mass is 10.0. The summed E-state index contributed by atoms with van der Waals surface area (Å²) in [7, 11) is 1.94. The molecule has 2 aliphatic heterocycles. The number of β-lactam (4-membered cyclic amide) rings is 1. The van der Waals surface area contributed by atoms with E-state index in [1.807, 2.05) is 41.5 Å². The third kappa shape index (κ3) is 5.48. The number of carbonyl (C=O) groups is 3. The molecule has 2 amide bonds. The van der Waals surface area contributed by atoms with Gasteiger partial charge in [0.15, 0.2) is 17.5 Å². The summed E-state index contributed by atoms with van der Waals surface area (Å²) in [5, 5.41) is 8.51. The lowest BCUT2D eigenvalue weighted by Crippen LogP contribution is -2.70. The number of nitrogens with one attached hydrogen (secondary N) is 1. The number of nitrogens with two attached hydrogens (primary N) is 1. The molecule has 3 aliphatic rings. The number of aromatic nitrogens is 4. The lowest BCUT2D eigenvalue weighted by molar-refractivity contribution is -0.671. The standard InChI is InChI=1S/C25H24N8O4S4/c1-32-8-6-12(7-9-32)15-11-39-21(27-15)14-10-40-23-17(22(35)33(23)18(14)24(36)38)28-20(34)16(19-29-25(26)41-31-19)30-37-13-4-2-3-5-13/h6-9,11,13,17,23H,2-5,10H2,1H3,(H3-,26,28,29,31,34,36,38)/p+1/b30-16-/t17-,23-/m1/s1. The number of thiol groups is 1. The molecule has 16 heteroatoms. The van der Waals surface area contributed by atoms with Crippen LogP contribution in [0.25, 0.3) is 16.8 Å². The van der Waals surface area contributed by atoms with Crippen LogP contribution < -0.4 is 15.6 Å². The molecular weight excluding hydrogens is 605 g/mol. The minimum absolute atomic E-state index is 0.0306. The van der Waals surface area contributed by atoms with E-state index in [0.717, 1.165) is 48.5 Å². The van der Waals surface area contributed by atoms with Gasteiger partial charge < -0.3 is 15.9 Å². The predicted molar refractivity (Wildman–Crippen MR) is 159 cm³/mol. The number of nitrogen functional groups attached to an aromatic ring is 1. The zero-order valence-electron chi connectivity index (χ0n) is 21.7. The smallest absolute Gasteiger partial charge is 0.278 e. The number of amides is 2. The molecule has 1 aliphatic carbocycles. The molecule has 2 fully saturated rings. The average molecular weight is 630 g/mol. The molecule has 2 atom stereocenters. The van der Waals surface area contributed by atoms with E-state index in [1.165, 1.54) is 28.0 Å². The third-order valence-corrected chi connectivity index (χ3v) is 9.89. The van der Waals surface area contributed by atoms with Gasteiger partial charge in [0, 0.05) is 45.9 Å². The predicted octanol–water partition coefficient (Wildman–Crippen LogP) is 2.00. The maximum absolute atomic E-state index is 13.3.